The van der Waals surface area contributed by atoms with Crippen molar-refractivity contribution < 1.29 is 24.2 Å². The molecule has 2 rings (SSSR count). The maximum absolute atomic E-state index is 12.0. The second kappa shape index (κ2) is 6.19. The summed E-state index contributed by atoms with van der Waals surface area (Å²) in [6.07, 6.45) is -1.37. The van der Waals surface area contributed by atoms with Crippen LogP contribution in [0.5, 0.6) is 0 Å². The van der Waals surface area contributed by atoms with Crippen LogP contribution >= 0.6 is 0 Å². The molecule has 0 fully saturated rings. The number of H-pyrrole nitrogens is 1. The highest BCUT2D eigenvalue weighted by Crippen LogP contribution is 2.28. The van der Waals surface area contributed by atoms with E-state index in [0.29, 0.717) is 5.56 Å². The first-order valence-electron chi connectivity index (χ1n) is 6.85. The Kier molecular flexibility index (Phi) is 4.51. The standard InChI is InChI=1S/C16H19NO5/c1-8-5-9(2)13-10(6-8)11(7-12(18)15(19)21-3)14(17-13)16(20)22-4/h5-6,12,17-18H,7H2,1-4H3. The Morgan fingerprint density at radius 3 is 2.50 bits per heavy atom. The number of fused-ring (bicyclic) bond motifs is 1. The molecule has 1 aromatic heterocycles. The number of rotatable bonds is 4. The highest BCUT2D eigenvalue weighted by atomic mass is 16.5. The van der Waals surface area contributed by atoms with Gasteiger partial charge in [-0.3, -0.25) is 0 Å². The molecule has 0 amide bonds. The van der Waals surface area contributed by atoms with E-state index in [1.54, 1.807) is 0 Å². The molecule has 0 aliphatic heterocycles. The first kappa shape index (κ1) is 16.0. The van der Waals surface area contributed by atoms with Gasteiger partial charge in [-0.15, -0.1) is 0 Å². The molecule has 1 unspecified atom stereocenters. The molecular formula is C16H19NO5. The summed E-state index contributed by atoms with van der Waals surface area (Å²) in [7, 11) is 2.49. The number of benzene rings is 1. The summed E-state index contributed by atoms with van der Waals surface area (Å²) in [6, 6.07) is 3.89. The second-order valence-corrected chi connectivity index (χ2v) is 5.22. The monoisotopic (exact) mass is 305 g/mol. The molecule has 0 bridgehead atoms. The Bertz CT molecular complexity index is 732. The van der Waals surface area contributed by atoms with Crippen LogP contribution in [0.1, 0.15) is 27.2 Å². The van der Waals surface area contributed by atoms with Gasteiger partial charge in [0.1, 0.15) is 5.69 Å². The third kappa shape index (κ3) is 2.82. The number of methoxy groups -OCH3 is 2. The van der Waals surface area contributed by atoms with Crippen LogP contribution in [0.15, 0.2) is 12.1 Å². The van der Waals surface area contributed by atoms with Crippen LogP contribution in [0.2, 0.25) is 0 Å². The number of aromatic amines is 1. The van der Waals surface area contributed by atoms with Gasteiger partial charge >= 0.3 is 11.9 Å². The molecule has 22 heavy (non-hydrogen) atoms. The lowest BCUT2D eigenvalue weighted by Gasteiger charge is -2.09. The summed E-state index contributed by atoms with van der Waals surface area (Å²) in [5.41, 5.74) is 3.58. The lowest BCUT2D eigenvalue weighted by molar-refractivity contribution is -0.150. The number of carbonyl (C=O) groups excluding carboxylic acids is 2. The molecule has 2 aromatic rings. The van der Waals surface area contributed by atoms with E-state index in [0.717, 1.165) is 22.0 Å². The summed E-state index contributed by atoms with van der Waals surface area (Å²) in [4.78, 5) is 26.5. The highest BCUT2D eigenvalue weighted by Gasteiger charge is 2.25. The highest BCUT2D eigenvalue weighted by molar-refractivity contribution is 5.99. The minimum Gasteiger partial charge on any atom is -0.467 e. The minimum absolute atomic E-state index is 0.0278. The van der Waals surface area contributed by atoms with Crippen LogP contribution in [0.25, 0.3) is 10.9 Å². The smallest absolute Gasteiger partial charge is 0.354 e. The number of esters is 2. The molecule has 0 aliphatic carbocycles. The third-order valence-corrected chi connectivity index (χ3v) is 3.62. The molecule has 6 nitrogen and oxygen atoms in total. The lowest BCUT2D eigenvalue weighted by atomic mass is 10.0. The lowest BCUT2D eigenvalue weighted by Crippen LogP contribution is -2.25. The zero-order valence-corrected chi connectivity index (χ0v) is 13.0. The van der Waals surface area contributed by atoms with E-state index < -0.39 is 18.0 Å². The zero-order valence-electron chi connectivity index (χ0n) is 13.0. The average Bonchev–Trinajstić information content (AvgIpc) is 2.84. The Morgan fingerprint density at radius 2 is 1.91 bits per heavy atom. The number of nitrogens with one attached hydrogen (secondary N) is 1. The van der Waals surface area contributed by atoms with Gasteiger partial charge in [0.25, 0.3) is 0 Å². The number of aliphatic hydroxyl groups is 1. The van der Waals surface area contributed by atoms with Gasteiger partial charge in [-0.25, -0.2) is 9.59 Å². The summed E-state index contributed by atoms with van der Waals surface area (Å²) in [5.74, 6) is -1.28. The Hall–Kier alpha value is -2.34. The number of hydrogen-bond donors (Lipinski definition) is 2. The summed E-state index contributed by atoms with van der Waals surface area (Å²) in [6.45, 7) is 3.87. The zero-order chi connectivity index (χ0) is 16.4. The summed E-state index contributed by atoms with van der Waals surface area (Å²) in [5, 5.41) is 10.7. The second-order valence-electron chi connectivity index (χ2n) is 5.22. The van der Waals surface area contributed by atoms with Crippen molar-refractivity contribution in [3.63, 3.8) is 0 Å². The van der Waals surface area contributed by atoms with E-state index in [4.69, 9.17) is 4.74 Å². The molecule has 0 spiro atoms. The van der Waals surface area contributed by atoms with Crippen LogP contribution in [-0.2, 0) is 20.7 Å². The Morgan fingerprint density at radius 1 is 1.23 bits per heavy atom. The van der Waals surface area contributed by atoms with E-state index in [1.165, 1.54) is 14.2 Å². The van der Waals surface area contributed by atoms with Gasteiger partial charge in [-0.05, 0) is 31.0 Å². The molecule has 6 heteroatoms. The number of carbonyl (C=O) groups is 2. The molecule has 0 radical (unpaired) electrons. The van der Waals surface area contributed by atoms with Crippen LogP contribution in [0, 0.1) is 13.8 Å². The molecule has 118 valence electrons. The van der Waals surface area contributed by atoms with E-state index in [1.807, 2.05) is 26.0 Å². The number of aromatic nitrogens is 1. The van der Waals surface area contributed by atoms with Crippen molar-refractivity contribution in [2.75, 3.05) is 14.2 Å². The van der Waals surface area contributed by atoms with Crippen molar-refractivity contribution in [1.29, 1.82) is 0 Å². The number of aliphatic hydroxyl groups excluding tert-OH is 1. The SMILES string of the molecule is COC(=O)c1[nH]c2c(C)cc(C)cc2c1CC(O)C(=O)OC. The van der Waals surface area contributed by atoms with E-state index >= 15 is 0 Å². The molecule has 1 atom stereocenters. The van der Waals surface area contributed by atoms with E-state index in [-0.39, 0.29) is 12.1 Å². The van der Waals surface area contributed by atoms with Gasteiger partial charge in [0.2, 0.25) is 0 Å². The summed E-state index contributed by atoms with van der Waals surface area (Å²) >= 11 is 0. The van der Waals surface area contributed by atoms with Crippen LogP contribution in [-0.4, -0.2) is 42.4 Å². The van der Waals surface area contributed by atoms with Gasteiger partial charge in [0, 0.05) is 17.3 Å². The predicted octanol–water partition coefficient (Wildman–Crippen LogP) is 1.65. The van der Waals surface area contributed by atoms with Crippen molar-refractivity contribution in [3.05, 3.63) is 34.5 Å². The molecular weight excluding hydrogens is 286 g/mol. The Labute approximate surface area is 128 Å². The molecule has 0 saturated heterocycles. The maximum Gasteiger partial charge on any atom is 0.354 e. The van der Waals surface area contributed by atoms with Crippen LogP contribution < -0.4 is 0 Å². The summed E-state index contributed by atoms with van der Waals surface area (Å²) < 4.78 is 9.31. The van der Waals surface area contributed by atoms with Crippen LogP contribution in [0.3, 0.4) is 0 Å². The largest absolute Gasteiger partial charge is 0.467 e. The molecule has 0 aliphatic rings. The number of hydrogen-bond acceptors (Lipinski definition) is 5. The van der Waals surface area contributed by atoms with Crippen molar-refractivity contribution >= 4 is 22.8 Å². The normalized spacial score (nSPS) is 12.2. The fourth-order valence-corrected chi connectivity index (χ4v) is 2.61. The number of aryl methyl sites for hydroxylation is 2. The topological polar surface area (TPSA) is 88.6 Å². The third-order valence-electron chi connectivity index (χ3n) is 3.62. The molecule has 0 saturated carbocycles. The van der Waals surface area contributed by atoms with Crippen molar-refractivity contribution in [2.45, 2.75) is 26.4 Å². The van der Waals surface area contributed by atoms with Gasteiger partial charge in [0.05, 0.1) is 14.2 Å². The Balaban J connectivity index is 2.62. The fourth-order valence-electron chi connectivity index (χ4n) is 2.61. The van der Waals surface area contributed by atoms with Crippen LogP contribution in [0.4, 0.5) is 0 Å². The van der Waals surface area contributed by atoms with E-state index in [2.05, 4.69) is 9.72 Å². The molecule has 1 heterocycles. The predicted molar refractivity (Wildman–Crippen MR) is 80.8 cm³/mol. The molecule has 2 N–H and O–H groups in total. The van der Waals surface area contributed by atoms with E-state index in [9.17, 15) is 14.7 Å². The quantitative estimate of drug-likeness (QED) is 0.838. The van der Waals surface area contributed by atoms with Gasteiger partial charge in [0.15, 0.2) is 6.10 Å². The van der Waals surface area contributed by atoms with Gasteiger partial charge < -0.3 is 19.6 Å². The number of ether oxygens (including phenoxy) is 2. The molecule has 1 aromatic carbocycles. The van der Waals surface area contributed by atoms with Crippen molar-refractivity contribution in [1.82, 2.24) is 4.98 Å². The average molecular weight is 305 g/mol. The van der Waals surface area contributed by atoms with Gasteiger partial charge in [-0.2, -0.15) is 0 Å². The van der Waals surface area contributed by atoms with Crippen molar-refractivity contribution in [2.24, 2.45) is 0 Å². The maximum atomic E-state index is 12.0. The first-order valence-corrected chi connectivity index (χ1v) is 6.85. The van der Waals surface area contributed by atoms with Crippen molar-refractivity contribution in [3.8, 4) is 0 Å². The van der Waals surface area contributed by atoms with Gasteiger partial charge in [-0.1, -0.05) is 11.6 Å². The minimum atomic E-state index is -1.34. The first-order chi connectivity index (χ1) is 10.4. The fraction of sp³-hybridized carbons (Fsp3) is 0.375.